The number of aliphatic hydroxyl groups is 1. The summed E-state index contributed by atoms with van der Waals surface area (Å²) in [6.45, 7) is 1.77. The highest BCUT2D eigenvalue weighted by Gasteiger charge is 2.62. The Morgan fingerprint density at radius 2 is 1.06 bits per heavy atom. The molecule has 4 nitrogen and oxygen atoms in total. The first-order chi connectivity index (χ1) is 17.5. The summed E-state index contributed by atoms with van der Waals surface area (Å²) in [7, 11) is 0. The Bertz CT molecular complexity index is 1130. The lowest BCUT2D eigenvalue weighted by Crippen LogP contribution is -2.66. The highest BCUT2D eigenvalue weighted by atomic mass is 19.3. The van der Waals surface area contributed by atoms with Crippen LogP contribution in [0.25, 0.3) is 0 Å². The Labute approximate surface area is 210 Å². The van der Waals surface area contributed by atoms with Crippen molar-refractivity contribution in [3.63, 3.8) is 0 Å². The molecule has 1 saturated carbocycles. The van der Waals surface area contributed by atoms with Gasteiger partial charge in [0.25, 0.3) is 5.92 Å². The molecule has 5 atom stereocenters. The van der Waals surface area contributed by atoms with E-state index in [1.54, 1.807) is 0 Å². The van der Waals surface area contributed by atoms with Crippen LogP contribution in [0.2, 0.25) is 0 Å². The molecule has 1 fully saturated rings. The van der Waals surface area contributed by atoms with Crippen LogP contribution in [0.15, 0.2) is 91.0 Å². The molecule has 6 heteroatoms. The fourth-order valence-electron chi connectivity index (χ4n) is 4.38. The molecule has 0 amide bonds. The van der Waals surface area contributed by atoms with E-state index in [-0.39, 0.29) is 19.8 Å². The quantitative estimate of drug-likeness (QED) is 0.407. The van der Waals surface area contributed by atoms with E-state index in [2.05, 4.69) is 11.8 Å². The normalized spacial score (nSPS) is 25.1. The Balaban J connectivity index is 1.65. The fraction of sp³-hybridized carbons (Fsp3) is 0.333. The molecule has 1 N–H and O–H groups in total. The average molecular weight is 493 g/mol. The number of ether oxygens (including phenoxy) is 3. The second-order valence-corrected chi connectivity index (χ2v) is 8.78. The Kier molecular flexibility index (Phi) is 8.84. The number of halogens is 2. The molecule has 0 radical (unpaired) electrons. The smallest absolute Gasteiger partial charge is 0.292 e. The monoisotopic (exact) mass is 492 g/mol. The van der Waals surface area contributed by atoms with Crippen LogP contribution >= 0.6 is 0 Å². The van der Waals surface area contributed by atoms with Gasteiger partial charge in [0.1, 0.15) is 30.3 Å². The van der Waals surface area contributed by atoms with Gasteiger partial charge in [-0.05, 0) is 23.6 Å². The number of hydrogen-bond donors (Lipinski definition) is 1. The first kappa shape index (κ1) is 26.0. The van der Waals surface area contributed by atoms with Crippen LogP contribution in [0.5, 0.6) is 0 Å². The number of hydrogen-bond acceptors (Lipinski definition) is 4. The lowest BCUT2D eigenvalue weighted by molar-refractivity contribution is -0.286. The van der Waals surface area contributed by atoms with Gasteiger partial charge in [0.05, 0.1) is 19.8 Å². The number of alkyl halides is 2. The third kappa shape index (κ3) is 6.18. The minimum atomic E-state index is -3.57. The first-order valence-electron chi connectivity index (χ1n) is 12.0. The molecule has 0 unspecified atom stereocenters. The van der Waals surface area contributed by atoms with Gasteiger partial charge >= 0.3 is 0 Å². The van der Waals surface area contributed by atoms with Crippen molar-refractivity contribution < 1.29 is 28.1 Å². The van der Waals surface area contributed by atoms with E-state index < -0.39 is 36.3 Å². The van der Waals surface area contributed by atoms with Crippen LogP contribution < -0.4 is 0 Å². The molecular formula is C30H30F2O4. The molecule has 36 heavy (non-hydrogen) atoms. The summed E-state index contributed by atoms with van der Waals surface area (Å²) in [5, 5.41) is 10.9. The lowest BCUT2D eigenvalue weighted by Gasteiger charge is -2.47. The summed E-state index contributed by atoms with van der Waals surface area (Å²) in [5.41, 5.74) is 2.50. The lowest BCUT2D eigenvalue weighted by atomic mass is 9.77. The van der Waals surface area contributed by atoms with Gasteiger partial charge in [-0.1, -0.05) is 96.9 Å². The largest absolute Gasteiger partial charge is 0.384 e. The highest BCUT2D eigenvalue weighted by molar-refractivity contribution is 5.20. The minimum absolute atomic E-state index is 0.0410. The van der Waals surface area contributed by atoms with Crippen molar-refractivity contribution in [3.8, 4) is 11.8 Å². The maximum Gasteiger partial charge on any atom is 0.292 e. The fourth-order valence-corrected chi connectivity index (χ4v) is 4.38. The summed E-state index contributed by atoms with van der Waals surface area (Å²) in [5.74, 6) is 0.0429. The van der Waals surface area contributed by atoms with E-state index in [1.165, 1.54) is 6.92 Å². The summed E-state index contributed by atoms with van der Waals surface area (Å²) in [4.78, 5) is 0. The molecule has 0 spiro atoms. The standard InChI is InChI=1S/C30H30F2O4/c1-2-12-25-26(34-19-22-13-6-3-7-14-22)27(35-20-23-15-8-4-9-16-23)28(29(33)30(25,31)32)36-21-24-17-10-5-11-18-24/h3-11,13-18,25-29,33H,19-21H2,1H3/t25-,26-,27+,28-,29-/m1/s1. The average Bonchev–Trinajstić information content (AvgIpc) is 2.91. The van der Waals surface area contributed by atoms with Crippen molar-refractivity contribution in [2.24, 2.45) is 5.92 Å². The summed E-state index contributed by atoms with van der Waals surface area (Å²) in [6.07, 6.45) is -5.58. The molecular weight excluding hydrogens is 462 g/mol. The molecule has 4 rings (SSSR count). The Morgan fingerprint density at radius 1 is 0.667 bits per heavy atom. The molecule has 1 aliphatic carbocycles. The van der Waals surface area contributed by atoms with E-state index in [9.17, 15) is 5.11 Å². The van der Waals surface area contributed by atoms with Crippen LogP contribution in [-0.4, -0.2) is 35.4 Å². The molecule has 0 aromatic heterocycles. The maximum atomic E-state index is 15.6. The number of aliphatic hydroxyl groups excluding tert-OH is 1. The van der Waals surface area contributed by atoms with E-state index in [1.807, 2.05) is 91.0 Å². The van der Waals surface area contributed by atoms with Crippen LogP contribution in [0.3, 0.4) is 0 Å². The van der Waals surface area contributed by atoms with E-state index in [4.69, 9.17) is 14.2 Å². The van der Waals surface area contributed by atoms with Gasteiger partial charge in [0, 0.05) is 0 Å². The van der Waals surface area contributed by atoms with Crippen molar-refractivity contribution in [1.29, 1.82) is 0 Å². The number of benzene rings is 3. The minimum Gasteiger partial charge on any atom is -0.384 e. The zero-order valence-corrected chi connectivity index (χ0v) is 20.1. The van der Waals surface area contributed by atoms with E-state index in [0.29, 0.717) is 0 Å². The summed E-state index contributed by atoms with van der Waals surface area (Å²) < 4.78 is 49.4. The van der Waals surface area contributed by atoms with Crippen LogP contribution in [0.1, 0.15) is 23.6 Å². The number of rotatable bonds is 9. The van der Waals surface area contributed by atoms with E-state index in [0.717, 1.165) is 16.7 Å². The van der Waals surface area contributed by atoms with Gasteiger partial charge in [-0.3, -0.25) is 0 Å². The second-order valence-electron chi connectivity index (χ2n) is 8.78. The van der Waals surface area contributed by atoms with Gasteiger partial charge in [0.15, 0.2) is 0 Å². The molecule has 0 aliphatic heterocycles. The van der Waals surface area contributed by atoms with E-state index >= 15 is 8.78 Å². The van der Waals surface area contributed by atoms with Crippen molar-refractivity contribution in [2.75, 3.05) is 0 Å². The zero-order valence-electron chi connectivity index (χ0n) is 20.1. The topological polar surface area (TPSA) is 47.9 Å². The van der Waals surface area contributed by atoms with Crippen LogP contribution in [-0.2, 0) is 34.0 Å². The molecule has 1 aliphatic rings. The van der Waals surface area contributed by atoms with Gasteiger partial charge in [-0.2, -0.15) is 0 Å². The second kappa shape index (κ2) is 12.2. The van der Waals surface area contributed by atoms with Crippen molar-refractivity contribution in [1.82, 2.24) is 0 Å². The third-order valence-electron chi connectivity index (χ3n) is 6.25. The predicted molar refractivity (Wildman–Crippen MR) is 133 cm³/mol. The van der Waals surface area contributed by atoms with Gasteiger partial charge in [-0.15, -0.1) is 5.92 Å². The molecule has 0 saturated heterocycles. The zero-order chi connectivity index (χ0) is 25.4. The molecule has 188 valence electrons. The SMILES string of the molecule is CC#C[C@@H]1[C@@H](OCc2ccccc2)[C@H](OCc2ccccc2)[C@@H](OCc2ccccc2)[C@@H](O)C1(F)F. The highest BCUT2D eigenvalue weighted by Crippen LogP contribution is 2.43. The Morgan fingerprint density at radius 3 is 1.47 bits per heavy atom. The third-order valence-corrected chi connectivity index (χ3v) is 6.25. The Hall–Kier alpha value is -3.08. The molecule has 3 aromatic rings. The summed E-state index contributed by atoms with van der Waals surface area (Å²) >= 11 is 0. The molecule has 0 bridgehead atoms. The summed E-state index contributed by atoms with van der Waals surface area (Å²) in [6, 6.07) is 27.9. The van der Waals surface area contributed by atoms with Gasteiger partial charge < -0.3 is 19.3 Å². The van der Waals surface area contributed by atoms with Gasteiger partial charge in [0.2, 0.25) is 0 Å². The predicted octanol–water partition coefficient (Wildman–Crippen LogP) is 5.39. The van der Waals surface area contributed by atoms with Crippen LogP contribution in [0, 0.1) is 17.8 Å². The van der Waals surface area contributed by atoms with Gasteiger partial charge in [-0.25, -0.2) is 8.78 Å². The van der Waals surface area contributed by atoms with Crippen molar-refractivity contribution >= 4 is 0 Å². The molecule has 0 heterocycles. The van der Waals surface area contributed by atoms with Crippen molar-refractivity contribution in [3.05, 3.63) is 108 Å². The molecule has 3 aromatic carbocycles. The maximum absolute atomic E-state index is 15.6. The van der Waals surface area contributed by atoms with Crippen molar-refractivity contribution in [2.45, 2.75) is 57.1 Å². The first-order valence-corrected chi connectivity index (χ1v) is 12.0. The van der Waals surface area contributed by atoms with Crippen LogP contribution in [0.4, 0.5) is 8.78 Å².